The zero-order valence-electron chi connectivity index (χ0n) is 7.75. The summed E-state index contributed by atoms with van der Waals surface area (Å²) in [4.78, 5) is 13.9. The molecule has 0 spiro atoms. The Morgan fingerprint density at radius 3 is 2.56 bits per heavy atom. The van der Waals surface area contributed by atoms with Gasteiger partial charge in [-0.15, -0.1) is 0 Å². The summed E-state index contributed by atoms with van der Waals surface area (Å²) in [6.07, 6.45) is -1.76. The van der Waals surface area contributed by atoms with Gasteiger partial charge in [0.1, 0.15) is 0 Å². The van der Waals surface area contributed by atoms with Gasteiger partial charge in [-0.25, -0.2) is 0 Å². The molecule has 0 aromatic carbocycles. The number of nitrogens with two attached hydrogens (primary N) is 1. The molecule has 0 bridgehead atoms. The highest BCUT2D eigenvalue weighted by molar-refractivity contribution is 6.32. The second-order valence-electron chi connectivity index (χ2n) is 2.82. The van der Waals surface area contributed by atoms with Crippen molar-refractivity contribution in [3.8, 4) is 0 Å². The van der Waals surface area contributed by atoms with Gasteiger partial charge in [0.05, 0.1) is 16.3 Å². The first kappa shape index (κ1) is 12.5. The molecule has 0 fully saturated rings. The Morgan fingerprint density at radius 2 is 2.12 bits per heavy atom. The number of nitrogens with zero attached hydrogens (tertiary/aromatic N) is 1. The molecule has 1 rings (SSSR count). The second-order valence-corrected chi connectivity index (χ2v) is 3.23. The Hall–Kier alpha value is -1.56. The van der Waals surface area contributed by atoms with Gasteiger partial charge in [0.25, 0.3) is 0 Å². The number of carbonyl (C=O) groups excluding carboxylic acids is 1. The van der Waals surface area contributed by atoms with E-state index in [1.165, 1.54) is 0 Å². The lowest BCUT2D eigenvalue weighted by atomic mass is 10.2. The molecule has 1 aromatic rings. The van der Waals surface area contributed by atoms with E-state index in [4.69, 9.17) is 17.3 Å². The smallest absolute Gasteiger partial charge is 0.366 e. The van der Waals surface area contributed by atoms with Crippen molar-refractivity contribution in [2.24, 2.45) is 5.73 Å². The van der Waals surface area contributed by atoms with Crippen LogP contribution in [0.15, 0.2) is 18.3 Å². The molecule has 0 aliphatic heterocycles. The van der Waals surface area contributed by atoms with E-state index in [1.807, 2.05) is 0 Å². The fourth-order valence-corrected chi connectivity index (χ4v) is 1.12. The van der Waals surface area contributed by atoms with Gasteiger partial charge in [-0.05, 0) is 12.1 Å². The maximum absolute atomic E-state index is 12.2. The fourth-order valence-electron chi connectivity index (χ4n) is 0.887. The van der Waals surface area contributed by atoms with Gasteiger partial charge in [0.2, 0.25) is 5.91 Å². The molecule has 0 aliphatic carbocycles. The largest absolute Gasteiger partial charge is 0.417 e. The van der Waals surface area contributed by atoms with Crippen LogP contribution in [0, 0.1) is 0 Å². The normalized spacial score (nSPS) is 12.0. The molecule has 1 amide bonds. The lowest BCUT2D eigenvalue weighted by molar-refractivity contribution is -0.137. The first-order chi connectivity index (χ1) is 7.30. The molecular formula is C9H6ClF3N2O. The third-order valence-corrected chi connectivity index (χ3v) is 1.91. The number of aromatic nitrogens is 1. The van der Waals surface area contributed by atoms with Gasteiger partial charge < -0.3 is 5.73 Å². The third kappa shape index (κ3) is 3.23. The van der Waals surface area contributed by atoms with Crippen molar-refractivity contribution >= 4 is 23.6 Å². The molecule has 0 aliphatic rings. The molecule has 0 saturated heterocycles. The molecular weight excluding hydrogens is 245 g/mol. The Balaban J connectivity index is 3.05. The van der Waals surface area contributed by atoms with Crippen molar-refractivity contribution in [1.29, 1.82) is 0 Å². The number of alkyl halides is 3. The van der Waals surface area contributed by atoms with Crippen molar-refractivity contribution in [2.45, 2.75) is 6.18 Å². The summed E-state index contributed by atoms with van der Waals surface area (Å²) >= 11 is 5.55. The standard InChI is InChI=1S/C9H6ClF3N2O/c10-6-3-5(9(11,12)13)4-15-7(6)1-2-8(14)16/h1-4H,(H2,14,16). The molecule has 2 N–H and O–H groups in total. The average Bonchev–Trinajstić information content (AvgIpc) is 2.14. The molecule has 7 heteroatoms. The molecule has 0 atom stereocenters. The summed E-state index contributed by atoms with van der Waals surface area (Å²) in [5.41, 5.74) is 3.91. The van der Waals surface area contributed by atoms with Crippen molar-refractivity contribution in [1.82, 2.24) is 4.98 Å². The molecule has 0 radical (unpaired) electrons. The van der Waals surface area contributed by atoms with Crippen LogP contribution in [0.1, 0.15) is 11.3 Å². The van der Waals surface area contributed by atoms with Crippen molar-refractivity contribution in [3.05, 3.63) is 34.6 Å². The number of hydrogen-bond donors (Lipinski definition) is 1. The van der Waals surface area contributed by atoms with Crippen LogP contribution in [-0.2, 0) is 11.0 Å². The highest BCUT2D eigenvalue weighted by atomic mass is 35.5. The van der Waals surface area contributed by atoms with Crippen LogP contribution in [0.4, 0.5) is 13.2 Å². The summed E-state index contributed by atoms with van der Waals surface area (Å²) in [5, 5.41) is -0.202. The summed E-state index contributed by atoms with van der Waals surface area (Å²) in [6.45, 7) is 0. The summed E-state index contributed by atoms with van der Waals surface area (Å²) < 4.78 is 36.7. The Kier molecular flexibility index (Phi) is 3.54. The topological polar surface area (TPSA) is 56.0 Å². The number of rotatable bonds is 2. The Bertz CT molecular complexity index is 443. The van der Waals surface area contributed by atoms with Crippen LogP contribution in [-0.4, -0.2) is 10.9 Å². The predicted octanol–water partition coefficient (Wildman–Crippen LogP) is 2.25. The zero-order chi connectivity index (χ0) is 12.3. The van der Waals surface area contributed by atoms with Crippen LogP contribution in [0.3, 0.4) is 0 Å². The van der Waals surface area contributed by atoms with Crippen molar-refractivity contribution in [3.63, 3.8) is 0 Å². The van der Waals surface area contributed by atoms with Crippen LogP contribution >= 0.6 is 11.6 Å². The molecule has 3 nitrogen and oxygen atoms in total. The van der Waals surface area contributed by atoms with Crippen molar-refractivity contribution in [2.75, 3.05) is 0 Å². The maximum Gasteiger partial charge on any atom is 0.417 e. The molecule has 0 unspecified atom stereocenters. The van der Waals surface area contributed by atoms with Gasteiger partial charge in [-0.2, -0.15) is 13.2 Å². The first-order valence-electron chi connectivity index (χ1n) is 4.01. The third-order valence-electron chi connectivity index (χ3n) is 1.60. The van der Waals surface area contributed by atoms with Gasteiger partial charge in [-0.1, -0.05) is 11.6 Å². The number of hydrogen-bond acceptors (Lipinski definition) is 2. The maximum atomic E-state index is 12.2. The fraction of sp³-hybridized carbons (Fsp3) is 0.111. The summed E-state index contributed by atoms with van der Waals surface area (Å²) in [5.74, 6) is -0.738. The molecule has 1 aromatic heterocycles. The molecule has 16 heavy (non-hydrogen) atoms. The Morgan fingerprint density at radius 1 is 1.50 bits per heavy atom. The van der Waals surface area contributed by atoms with Crippen LogP contribution in [0.5, 0.6) is 0 Å². The average molecular weight is 251 g/mol. The lowest BCUT2D eigenvalue weighted by Gasteiger charge is -2.06. The minimum absolute atomic E-state index is 0.0495. The molecule has 0 saturated carbocycles. The minimum atomic E-state index is -4.50. The highest BCUT2D eigenvalue weighted by Crippen LogP contribution is 2.31. The van der Waals surface area contributed by atoms with Gasteiger partial charge >= 0.3 is 6.18 Å². The second kappa shape index (κ2) is 4.52. The first-order valence-corrected chi connectivity index (χ1v) is 4.39. The van der Waals surface area contributed by atoms with Gasteiger partial charge in [0.15, 0.2) is 0 Å². The quantitative estimate of drug-likeness (QED) is 0.819. The summed E-state index contributed by atoms with van der Waals surface area (Å²) in [6, 6.07) is 0.731. The number of primary amides is 1. The monoisotopic (exact) mass is 250 g/mol. The van der Waals surface area contributed by atoms with E-state index in [-0.39, 0.29) is 10.7 Å². The van der Waals surface area contributed by atoms with Gasteiger partial charge in [0, 0.05) is 12.3 Å². The van der Waals surface area contributed by atoms with Crippen LogP contribution in [0.25, 0.3) is 6.08 Å². The van der Waals surface area contributed by atoms with E-state index in [1.54, 1.807) is 0 Å². The Labute approximate surface area is 93.7 Å². The van der Waals surface area contributed by atoms with E-state index < -0.39 is 17.6 Å². The number of pyridine rings is 1. The molecule has 1 heterocycles. The number of amides is 1. The van der Waals surface area contributed by atoms with E-state index in [0.717, 1.165) is 18.2 Å². The number of halogens is 4. The zero-order valence-corrected chi connectivity index (χ0v) is 8.51. The highest BCUT2D eigenvalue weighted by Gasteiger charge is 2.31. The predicted molar refractivity (Wildman–Crippen MR) is 52.5 cm³/mol. The van der Waals surface area contributed by atoms with Crippen molar-refractivity contribution < 1.29 is 18.0 Å². The van der Waals surface area contributed by atoms with E-state index >= 15 is 0 Å². The van der Waals surface area contributed by atoms with Crippen LogP contribution < -0.4 is 5.73 Å². The van der Waals surface area contributed by atoms with Crippen LogP contribution in [0.2, 0.25) is 5.02 Å². The minimum Gasteiger partial charge on any atom is -0.366 e. The van der Waals surface area contributed by atoms with E-state index in [9.17, 15) is 18.0 Å². The van der Waals surface area contributed by atoms with E-state index in [2.05, 4.69) is 4.98 Å². The lowest BCUT2D eigenvalue weighted by Crippen LogP contribution is -2.07. The SMILES string of the molecule is NC(=O)C=Cc1ncc(C(F)(F)F)cc1Cl. The summed E-state index contributed by atoms with van der Waals surface area (Å²) in [7, 11) is 0. The van der Waals surface area contributed by atoms with Gasteiger partial charge in [-0.3, -0.25) is 9.78 Å². The molecule has 86 valence electrons. The number of carbonyl (C=O) groups is 1. The van der Waals surface area contributed by atoms with E-state index in [0.29, 0.717) is 6.20 Å².